The molecule has 1 unspecified atom stereocenters. The fraction of sp³-hybridized carbons (Fsp3) is 0.267. The van der Waals surface area contributed by atoms with Gasteiger partial charge >= 0.3 is 0 Å². The second kappa shape index (κ2) is 6.54. The van der Waals surface area contributed by atoms with Crippen molar-refractivity contribution in [3.63, 3.8) is 0 Å². The summed E-state index contributed by atoms with van der Waals surface area (Å²) in [6.07, 6.45) is 3.51. The molecule has 1 heterocycles. The molecular weight excluding hydrogens is 260 g/mol. The molecule has 1 aromatic heterocycles. The van der Waals surface area contributed by atoms with Gasteiger partial charge in [0.15, 0.2) is 11.6 Å². The number of nitrogens with two attached hydrogens (primary N) is 1. The summed E-state index contributed by atoms with van der Waals surface area (Å²) in [7, 11) is 1.92. The smallest absolute Gasteiger partial charge is 0.159 e. The summed E-state index contributed by atoms with van der Waals surface area (Å²) < 4.78 is 26.1. The van der Waals surface area contributed by atoms with Crippen molar-refractivity contribution >= 4 is 0 Å². The van der Waals surface area contributed by atoms with Crippen molar-refractivity contribution in [3.8, 4) is 0 Å². The summed E-state index contributed by atoms with van der Waals surface area (Å²) in [4.78, 5) is 6.06. The van der Waals surface area contributed by atoms with Crippen LogP contribution in [-0.4, -0.2) is 23.5 Å². The summed E-state index contributed by atoms with van der Waals surface area (Å²) >= 11 is 0. The van der Waals surface area contributed by atoms with Gasteiger partial charge in [-0.25, -0.2) is 8.78 Å². The third-order valence-corrected chi connectivity index (χ3v) is 3.06. The lowest BCUT2D eigenvalue weighted by Gasteiger charge is -2.21. The molecule has 106 valence electrons. The fourth-order valence-corrected chi connectivity index (χ4v) is 2.05. The molecule has 0 aliphatic heterocycles. The maximum absolute atomic E-state index is 13.2. The molecule has 0 fully saturated rings. The minimum Gasteiger partial charge on any atom is -0.323 e. The van der Waals surface area contributed by atoms with Crippen molar-refractivity contribution in [3.05, 3.63) is 65.5 Å². The average molecular weight is 277 g/mol. The van der Waals surface area contributed by atoms with Crippen LogP contribution in [0, 0.1) is 11.6 Å². The van der Waals surface area contributed by atoms with Gasteiger partial charge in [0.2, 0.25) is 0 Å². The number of pyridine rings is 1. The zero-order valence-electron chi connectivity index (χ0n) is 11.3. The first-order valence-corrected chi connectivity index (χ1v) is 6.34. The van der Waals surface area contributed by atoms with Crippen LogP contribution < -0.4 is 5.73 Å². The average Bonchev–Trinajstić information content (AvgIpc) is 2.42. The highest BCUT2D eigenvalue weighted by Gasteiger charge is 2.12. The lowest BCUT2D eigenvalue weighted by Crippen LogP contribution is -2.28. The lowest BCUT2D eigenvalue weighted by atomic mass is 10.1. The van der Waals surface area contributed by atoms with Crippen molar-refractivity contribution in [2.45, 2.75) is 12.6 Å². The van der Waals surface area contributed by atoms with Gasteiger partial charge in [0.05, 0.1) is 0 Å². The fourth-order valence-electron chi connectivity index (χ4n) is 2.05. The van der Waals surface area contributed by atoms with Crippen molar-refractivity contribution in [1.29, 1.82) is 0 Å². The van der Waals surface area contributed by atoms with Crippen LogP contribution in [-0.2, 0) is 6.54 Å². The Morgan fingerprint density at radius 3 is 2.70 bits per heavy atom. The standard InChI is InChI=1S/C15H17F2N3/c1-20(9-11-3-2-6-19-8-11)10-15(18)12-4-5-13(16)14(17)7-12/h2-8,15H,9-10,18H2,1H3. The van der Waals surface area contributed by atoms with Crippen LogP contribution in [0.3, 0.4) is 0 Å². The van der Waals surface area contributed by atoms with E-state index in [0.29, 0.717) is 18.7 Å². The Morgan fingerprint density at radius 2 is 2.05 bits per heavy atom. The number of hydrogen-bond acceptors (Lipinski definition) is 3. The number of nitrogens with zero attached hydrogens (tertiary/aromatic N) is 2. The van der Waals surface area contributed by atoms with E-state index in [0.717, 1.165) is 17.7 Å². The van der Waals surface area contributed by atoms with Crippen molar-refractivity contribution < 1.29 is 8.78 Å². The first kappa shape index (κ1) is 14.6. The molecule has 1 atom stereocenters. The normalized spacial score (nSPS) is 12.7. The molecule has 0 saturated carbocycles. The van der Waals surface area contributed by atoms with Crippen LogP contribution in [0.1, 0.15) is 17.2 Å². The van der Waals surface area contributed by atoms with E-state index in [1.807, 2.05) is 24.1 Å². The minimum absolute atomic E-state index is 0.369. The minimum atomic E-state index is -0.868. The summed E-state index contributed by atoms with van der Waals surface area (Å²) in [6.45, 7) is 1.24. The van der Waals surface area contributed by atoms with Gasteiger partial charge in [-0.2, -0.15) is 0 Å². The van der Waals surface area contributed by atoms with Gasteiger partial charge in [-0.05, 0) is 36.4 Å². The van der Waals surface area contributed by atoms with Gasteiger partial charge in [-0.3, -0.25) is 4.98 Å². The van der Waals surface area contributed by atoms with E-state index in [2.05, 4.69) is 4.98 Å². The molecule has 3 nitrogen and oxygen atoms in total. The largest absolute Gasteiger partial charge is 0.323 e. The van der Waals surface area contributed by atoms with E-state index in [9.17, 15) is 8.78 Å². The highest BCUT2D eigenvalue weighted by molar-refractivity contribution is 5.21. The highest BCUT2D eigenvalue weighted by Crippen LogP contribution is 2.16. The third-order valence-electron chi connectivity index (χ3n) is 3.06. The highest BCUT2D eigenvalue weighted by atomic mass is 19.2. The summed E-state index contributed by atoms with van der Waals surface area (Å²) in [6, 6.07) is 7.25. The second-order valence-electron chi connectivity index (χ2n) is 4.84. The SMILES string of the molecule is CN(Cc1cccnc1)CC(N)c1ccc(F)c(F)c1. The molecule has 5 heteroatoms. The first-order valence-electron chi connectivity index (χ1n) is 6.34. The Bertz CT molecular complexity index is 560. The summed E-state index contributed by atoms with van der Waals surface area (Å²) in [5.74, 6) is -1.72. The first-order chi connectivity index (χ1) is 9.56. The van der Waals surface area contributed by atoms with E-state index in [1.165, 1.54) is 6.07 Å². The Balaban J connectivity index is 1.96. The topological polar surface area (TPSA) is 42.2 Å². The van der Waals surface area contributed by atoms with E-state index < -0.39 is 11.6 Å². The van der Waals surface area contributed by atoms with Crippen molar-refractivity contribution in [1.82, 2.24) is 9.88 Å². The Morgan fingerprint density at radius 1 is 1.25 bits per heavy atom. The molecule has 0 bridgehead atoms. The number of hydrogen-bond donors (Lipinski definition) is 1. The van der Waals surface area contributed by atoms with Crippen molar-refractivity contribution in [2.75, 3.05) is 13.6 Å². The maximum atomic E-state index is 13.2. The van der Waals surface area contributed by atoms with Gasteiger partial charge < -0.3 is 10.6 Å². The van der Waals surface area contributed by atoms with Crippen molar-refractivity contribution in [2.24, 2.45) is 5.73 Å². The zero-order chi connectivity index (χ0) is 14.5. The molecule has 2 rings (SSSR count). The molecule has 0 radical (unpaired) electrons. The zero-order valence-corrected chi connectivity index (χ0v) is 11.3. The molecule has 2 N–H and O–H groups in total. The Kier molecular flexibility index (Phi) is 4.76. The van der Waals surface area contributed by atoms with Crippen LogP contribution in [0.2, 0.25) is 0 Å². The predicted molar refractivity (Wildman–Crippen MR) is 73.9 cm³/mol. The van der Waals surface area contributed by atoms with Gasteiger partial charge in [-0.15, -0.1) is 0 Å². The predicted octanol–water partition coefficient (Wildman–Crippen LogP) is 2.49. The summed E-state index contributed by atoms with van der Waals surface area (Å²) in [5.41, 5.74) is 7.68. The van der Waals surface area contributed by atoms with E-state index >= 15 is 0 Å². The van der Waals surface area contributed by atoms with Crippen LogP contribution in [0.5, 0.6) is 0 Å². The monoisotopic (exact) mass is 277 g/mol. The van der Waals surface area contributed by atoms with E-state index in [4.69, 9.17) is 5.73 Å². The molecule has 1 aromatic carbocycles. The molecule has 0 amide bonds. The number of halogens is 2. The molecule has 2 aromatic rings. The molecule has 20 heavy (non-hydrogen) atoms. The quantitative estimate of drug-likeness (QED) is 0.913. The van der Waals surface area contributed by atoms with Crippen LogP contribution in [0.15, 0.2) is 42.7 Å². The number of aromatic nitrogens is 1. The summed E-state index contributed by atoms with van der Waals surface area (Å²) in [5, 5.41) is 0. The molecular formula is C15H17F2N3. The number of likely N-dealkylation sites (N-methyl/N-ethyl adjacent to an activating group) is 1. The Labute approximate surface area is 117 Å². The van der Waals surface area contributed by atoms with Gasteiger partial charge in [-0.1, -0.05) is 12.1 Å². The number of rotatable bonds is 5. The van der Waals surface area contributed by atoms with Gasteiger partial charge in [0.1, 0.15) is 0 Å². The van der Waals surface area contributed by atoms with E-state index in [1.54, 1.807) is 12.4 Å². The molecule has 0 saturated heterocycles. The molecule has 0 spiro atoms. The second-order valence-corrected chi connectivity index (χ2v) is 4.84. The van der Waals surface area contributed by atoms with Crippen LogP contribution in [0.4, 0.5) is 8.78 Å². The molecule has 0 aliphatic carbocycles. The maximum Gasteiger partial charge on any atom is 0.159 e. The van der Waals surface area contributed by atoms with Gasteiger partial charge in [0, 0.05) is 31.5 Å². The van der Waals surface area contributed by atoms with Crippen LogP contribution >= 0.6 is 0 Å². The Hall–Kier alpha value is -1.85. The van der Waals surface area contributed by atoms with Crippen LogP contribution in [0.25, 0.3) is 0 Å². The molecule has 0 aliphatic rings. The third kappa shape index (κ3) is 3.82. The lowest BCUT2D eigenvalue weighted by molar-refractivity contribution is 0.304. The van der Waals surface area contributed by atoms with Gasteiger partial charge in [0.25, 0.3) is 0 Å². The van der Waals surface area contributed by atoms with E-state index in [-0.39, 0.29) is 6.04 Å². The number of benzene rings is 1.